The Hall–Kier alpha value is -2.25. The second-order valence-corrected chi connectivity index (χ2v) is 4.03. The van der Waals surface area contributed by atoms with Gasteiger partial charge >= 0.3 is 6.30 Å². The molecule has 0 atom stereocenters. The number of benzene rings is 1. The Kier molecular flexibility index (Phi) is 4.35. The van der Waals surface area contributed by atoms with Gasteiger partial charge in [0.25, 0.3) is 0 Å². The van der Waals surface area contributed by atoms with Gasteiger partial charge in [-0.2, -0.15) is 13.2 Å². The molecule has 0 saturated carbocycles. The van der Waals surface area contributed by atoms with Crippen LogP contribution in [0.4, 0.5) is 19.0 Å². The first-order valence-electron chi connectivity index (χ1n) is 6.34. The van der Waals surface area contributed by atoms with E-state index in [0.717, 1.165) is 6.20 Å². The van der Waals surface area contributed by atoms with E-state index >= 15 is 0 Å². The van der Waals surface area contributed by atoms with Gasteiger partial charge in [-0.25, -0.2) is 4.98 Å². The molecule has 21 heavy (non-hydrogen) atoms. The Bertz CT molecular complexity index is 632. The van der Waals surface area contributed by atoms with Gasteiger partial charge in [-0.1, -0.05) is 0 Å². The summed E-state index contributed by atoms with van der Waals surface area (Å²) in [6.07, 6.45) is -3.54. The highest BCUT2D eigenvalue weighted by Crippen LogP contribution is 2.32. The molecule has 2 aromatic rings. The SMILES string of the molecule is CCOc1cc2ncc(NC(F)(F)F)nc2cc1OCC. The number of nitrogens with zero attached hydrogens (tertiary/aromatic N) is 2. The third-order valence-electron chi connectivity index (χ3n) is 2.48. The molecule has 1 heterocycles. The average Bonchev–Trinajstić information content (AvgIpc) is 2.38. The number of ether oxygens (including phenoxy) is 2. The van der Waals surface area contributed by atoms with E-state index in [1.165, 1.54) is 11.4 Å². The van der Waals surface area contributed by atoms with Crippen LogP contribution in [0, 0.1) is 0 Å². The fourth-order valence-corrected chi connectivity index (χ4v) is 1.76. The molecule has 0 aliphatic carbocycles. The van der Waals surface area contributed by atoms with Gasteiger partial charge in [0.2, 0.25) is 0 Å². The van der Waals surface area contributed by atoms with Crippen molar-refractivity contribution in [2.24, 2.45) is 0 Å². The van der Waals surface area contributed by atoms with Crippen LogP contribution in [0.25, 0.3) is 11.0 Å². The molecule has 8 heteroatoms. The quantitative estimate of drug-likeness (QED) is 0.858. The van der Waals surface area contributed by atoms with Gasteiger partial charge in [0.05, 0.1) is 30.4 Å². The van der Waals surface area contributed by atoms with Crippen molar-refractivity contribution in [3.8, 4) is 11.5 Å². The molecule has 0 amide bonds. The molecule has 0 unspecified atom stereocenters. The fourth-order valence-electron chi connectivity index (χ4n) is 1.76. The maximum Gasteiger partial charge on any atom is 0.483 e. The standard InChI is InChI=1S/C13H14F3N3O2/c1-3-20-10-5-8-9(6-11(10)21-4-2)18-12(7-17-8)19-13(14,15)16/h5-7H,3-4H2,1-2H3,(H,18,19). The lowest BCUT2D eigenvalue weighted by Gasteiger charge is -2.13. The first-order valence-corrected chi connectivity index (χ1v) is 6.34. The zero-order chi connectivity index (χ0) is 15.5. The third-order valence-corrected chi connectivity index (χ3v) is 2.48. The summed E-state index contributed by atoms with van der Waals surface area (Å²) in [4.78, 5) is 7.82. The maximum atomic E-state index is 12.3. The van der Waals surface area contributed by atoms with Gasteiger partial charge in [0.15, 0.2) is 17.3 Å². The van der Waals surface area contributed by atoms with Crippen LogP contribution >= 0.6 is 0 Å². The molecular weight excluding hydrogens is 287 g/mol. The minimum atomic E-state index is -4.56. The number of anilines is 1. The molecule has 0 radical (unpaired) electrons. The van der Waals surface area contributed by atoms with Crippen molar-refractivity contribution in [2.75, 3.05) is 18.5 Å². The summed E-state index contributed by atoms with van der Waals surface area (Å²) < 4.78 is 47.7. The van der Waals surface area contributed by atoms with Gasteiger partial charge < -0.3 is 9.47 Å². The summed E-state index contributed by atoms with van der Waals surface area (Å²) in [5.74, 6) is 0.532. The molecule has 1 N–H and O–H groups in total. The van der Waals surface area contributed by atoms with Crippen molar-refractivity contribution in [1.82, 2.24) is 9.97 Å². The molecule has 114 valence electrons. The number of rotatable bonds is 5. The lowest BCUT2D eigenvalue weighted by molar-refractivity contribution is -0.100. The summed E-state index contributed by atoms with van der Waals surface area (Å²) >= 11 is 0. The predicted molar refractivity (Wildman–Crippen MR) is 71.6 cm³/mol. The molecule has 2 rings (SSSR count). The van der Waals surface area contributed by atoms with Crippen LogP contribution in [-0.4, -0.2) is 29.5 Å². The zero-order valence-corrected chi connectivity index (χ0v) is 11.5. The Morgan fingerprint density at radius 1 is 1.05 bits per heavy atom. The Labute approximate surface area is 119 Å². The maximum absolute atomic E-state index is 12.3. The van der Waals surface area contributed by atoms with E-state index in [9.17, 15) is 13.2 Å². The van der Waals surface area contributed by atoms with Gasteiger partial charge in [-0.15, -0.1) is 0 Å². The summed E-state index contributed by atoms with van der Waals surface area (Å²) in [6.45, 7) is 4.46. The van der Waals surface area contributed by atoms with E-state index in [-0.39, 0.29) is 11.3 Å². The van der Waals surface area contributed by atoms with Gasteiger partial charge in [0.1, 0.15) is 0 Å². The number of halogens is 3. The second kappa shape index (κ2) is 6.02. The Balaban J connectivity index is 2.44. The fraction of sp³-hybridized carbons (Fsp3) is 0.385. The number of alkyl halides is 3. The van der Waals surface area contributed by atoms with Crippen LogP contribution in [0.2, 0.25) is 0 Å². The summed E-state index contributed by atoms with van der Waals surface area (Å²) in [5, 5.41) is 1.32. The molecule has 1 aromatic heterocycles. The number of hydrogen-bond donors (Lipinski definition) is 1. The molecule has 0 saturated heterocycles. The van der Waals surface area contributed by atoms with Crippen LogP contribution in [0.1, 0.15) is 13.8 Å². The predicted octanol–water partition coefficient (Wildman–Crippen LogP) is 3.36. The molecule has 1 aromatic carbocycles. The van der Waals surface area contributed by atoms with E-state index in [2.05, 4.69) is 9.97 Å². The monoisotopic (exact) mass is 301 g/mol. The van der Waals surface area contributed by atoms with E-state index in [1.54, 1.807) is 13.0 Å². The first-order chi connectivity index (χ1) is 9.93. The van der Waals surface area contributed by atoms with E-state index < -0.39 is 6.30 Å². The topological polar surface area (TPSA) is 56.3 Å². The van der Waals surface area contributed by atoms with Crippen molar-refractivity contribution < 1.29 is 22.6 Å². The molecule has 0 aliphatic rings. The largest absolute Gasteiger partial charge is 0.490 e. The molecule has 0 aliphatic heterocycles. The van der Waals surface area contributed by atoms with Crippen LogP contribution in [0.5, 0.6) is 11.5 Å². The van der Waals surface area contributed by atoms with Crippen LogP contribution in [0.15, 0.2) is 18.3 Å². The van der Waals surface area contributed by atoms with Gasteiger partial charge in [-0.05, 0) is 13.8 Å². The lowest BCUT2D eigenvalue weighted by Crippen LogP contribution is -2.21. The zero-order valence-electron chi connectivity index (χ0n) is 11.5. The molecule has 0 spiro atoms. The second-order valence-electron chi connectivity index (χ2n) is 4.03. The normalized spacial score (nSPS) is 11.5. The number of aromatic nitrogens is 2. The lowest BCUT2D eigenvalue weighted by atomic mass is 10.2. The minimum Gasteiger partial charge on any atom is -0.490 e. The van der Waals surface area contributed by atoms with E-state index in [1.807, 2.05) is 6.92 Å². The Morgan fingerprint density at radius 3 is 2.14 bits per heavy atom. The highest BCUT2D eigenvalue weighted by molar-refractivity contribution is 5.80. The smallest absolute Gasteiger partial charge is 0.483 e. The van der Waals surface area contributed by atoms with Crippen LogP contribution in [-0.2, 0) is 0 Å². The van der Waals surface area contributed by atoms with E-state index in [4.69, 9.17) is 9.47 Å². The third kappa shape index (κ3) is 3.87. The Morgan fingerprint density at radius 2 is 1.62 bits per heavy atom. The van der Waals surface area contributed by atoms with Crippen LogP contribution < -0.4 is 14.8 Å². The van der Waals surface area contributed by atoms with E-state index in [0.29, 0.717) is 30.2 Å². The first kappa shape index (κ1) is 15.1. The molecule has 0 bridgehead atoms. The molecule has 5 nitrogen and oxygen atoms in total. The van der Waals surface area contributed by atoms with Gasteiger partial charge in [-0.3, -0.25) is 10.3 Å². The van der Waals surface area contributed by atoms with Crippen LogP contribution in [0.3, 0.4) is 0 Å². The van der Waals surface area contributed by atoms with Crippen molar-refractivity contribution >= 4 is 16.9 Å². The molecule has 0 fully saturated rings. The summed E-state index contributed by atoms with van der Waals surface area (Å²) in [6, 6.07) is 3.10. The summed E-state index contributed by atoms with van der Waals surface area (Å²) in [7, 11) is 0. The average molecular weight is 301 g/mol. The van der Waals surface area contributed by atoms with Crippen molar-refractivity contribution in [2.45, 2.75) is 20.1 Å². The minimum absolute atomic E-state index is 0.288. The van der Waals surface area contributed by atoms with Crippen molar-refractivity contribution in [3.63, 3.8) is 0 Å². The van der Waals surface area contributed by atoms with Crippen molar-refractivity contribution in [3.05, 3.63) is 18.3 Å². The molecular formula is C13H14F3N3O2. The highest BCUT2D eigenvalue weighted by Gasteiger charge is 2.28. The van der Waals surface area contributed by atoms with Crippen molar-refractivity contribution in [1.29, 1.82) is 0 Å². The number of hydrogen-bond acceptors (Lipinski definition) is 5. The number of fused-ring (bicyclic) bond motifs is 1. The highest BCUT2D eigenvalue weighted by atomic mass is 19.4. The number of nitrogens with one attached hydrogen (secondary N) is 1. The van der Waals surface area contributed by atoms with Gasteiger partial charge in [0, 0.05) is 12.1 Å². The summed E-state index contributed by atoms with van der Waals surface area (Å²) in [5.41, 5.74) is 0.714.